The van der Waals surface area contributed by atoms with Crippen LogP contribution in [-0.4, -0.2) is 61.4 Å². The highest BCUT2D eigenvalue weighted by Crippen LogP contribution is 2.36. The van der Waals surface area contributed by atoms with Gasteiger partial charge in [0.15, 0.2) is 0 Å². The lowest BCUT2D eigenvalue weighted by Crippen LogP contribution is -2.55. The summed E-state index contributed by atoms with van der Waals surface area (Å²) in [5.74, 6) is 0. The third-order valence-corrected chi connectivity index (χ3v) is 6.52. The van der Waals surface area contributed by atoms with Crippen molar-refractivity contribution in [3.63, 3.8) is 0 Å². The van der Waals surface area contributed by atoms with Crippen molar-refractivity contribution in [1.82, 2.24) is 9.97 Å². The zero-order valence-electron chi connectivity index (χ0n) is 15.8. The lowest BCUT2D eigenvalue weighted by atomic mass is 9.90. The minimum atomic E-state index is -1.43. The molecule has 30 heavy (non-hydrogen) atoms. The van der Waals surface area contributed by atoms with E-state index in [9.17, 15) is 20.4 Å². The van der Waals surface area contributed by atoms with Crippen molar-refractivity contribution in [3.05, 3.63) is 69.3 Å². The average molecular weight is 449 g/mol. The first-order valence-corrected chi connectivity index (χ1v) is 10.7. The van der Waals surface area contributed by atoms with Crippen molar-refractivity contribution < 1.29 is 25.2 Å². The Morgan fingerprint density at radius 3 is 2.63 bits per heavy atom. The quantitative estimate of drug-likeness (QED) is 0.471. The van der Waals surface area contributed by atoms with Gasteiger partial charge in [-0.25, -0.2) is 0 Å². The topological polar surface area (TPSA) is 116 Å². The number of nitrogens with zero attached hydrogens (tertiary/aromatic N) is 2. The summed E-state index contributed by atoms with van der Waals surface area (Å²) in [6.45, 7) is -0.474. The van der Waals surface area contributed by atoms with Gasteiger partial charge in [-0.15, -0.1) is 11.3 Å². The predicted octanol–water partition coefficient (Wildman–Crippen LogP) is 1.96. The molecule has 7 nitrogen and oxygen atoms in total. The van der Waals surface area contributed by atoms with Crippen molar-refractivity contribution >= 4 is 22.9 Å². The molecule has 1 aromatic carbocycles. The molecule has 0 spiro atoms. The number of thiophene rings is 1. The molecule has 1 aliphatic heterocycles. The van der Waals surface area contributed by atoms with Gasteiger partial charge in [0.2, 0.25) is 0 Å². The van der Waals surface area contributed by atoms with Crippen LogP contribution in [0.15, 0.2) is 48.2 Å². The number of aliphatic hydroxyl groups is 4. The number of hydrogen-bond acceptors (Lipinski definition) is 8. The molecule has 2 aromatic heterocycles. The Morgan fingerprint density at radius 2 is 1.90 bits per heavy atom. The van der Waals surface area contributed by atoms with Gasteiger partial charge < -0.3 is 25.2 Å². The molecular weight excluding hydrogens is 428 g/mol. The zero-order valence-corrected chi connectivity index (χ0v) is 17.4. The summed E-state index contributed by atoms with van der Waals surface area (Å²) in [7, 11) is 0. The molecule has 3 aromatic rings. The van der Waals surface area contributed by atoms with Crippen molar-refractivity contribution in [2.75, 3.05) is 6.61 Å². The molecule has 5 atom stereocenters. The van der Waals surface area contributed by atoms with E-state index >= 15 is 0 Å². The van der Waals surface area contributed by atoms with Crippen molar-refractivity contribution in [1.29, 1.82) is 0 Å². The standard InChI is InChI=1S/C21H21ClN2O5S/c22-14-2-1-11(21-20(28)19(27)18(26)16(10-25)29-21)7-12(14)8-17-13(3-6-30-17)15-9-23-4-5-24-15/h1-7,9,16,18-21,25-28H,8,10H2/t16-,18-,19+,20-,21+/m1/s1. The number of hydrogen-bond donors (Lipinski definition) is 4. The zero-order chi connectivity index (χ0) is 21.3. The first kappa shape index (κ1) is 21.3. The molecule has 1 fully saturated rings. The van der Waals surface area contributed by atoms with E-state index in [4.69, 9.17) is 16.3 Å². The smallest absolute Gasteiger partial charge is 0.113 e. The third-order valence-electron chi connectivity index (χ3n) is 5.23. The van der Waals surface area contributed by atoms with E-state index in [2.05, 4.69) is 9.97 Å². The monoisotopic (exact) mass is 448 g/mol. The van der Waals surface area contributed by atoms with E-state index in [1.165, 1.54) is 0 Å². The Balaban J connectivity index is 1.63. The van der Waals surface area contributed by atoms with Crippen molar-refractivity contribution in [3.8, 4) is 11.3 Å². The SMILES string of the molecule is OC[C@H]1O[C@@H](c2ccc(Cl)c(Cc3sccc3-c3cnccn3)c2)[C@H](O)[C@@H](O)[C@@H]1O. The molecule has 1 saturated heterocycles. The first-order chi connectivity index (χ1) is 14.5. The van der Waals surface area contributed by atoms with Gasteiger partial charge in [0.1, 0.15) is 30.5 Å². The van der Waals surface area contributed by atoms with Crippen molar-refractivity contribution in [2.45, 2.75) is 36.9 Å². The molecule has 0 saturated carbocycles. The molecule has 3 heterocycles. The molecule has 9 heteroatoms. The number of benzene rings is 1. The van der Waals surface area contributed by atoms with Crippen molar-refractivity contribution in [2.24, 2.45) is 0 Å². The average Bonchev–Trinajstić information content (AvgIpc) is 3.23. The van der Waals surface area contributed by atoms with E-state index in [0.29, 0.717) is 17.0 Å². The summed E-state index contributed by atoms with van der Waals surface area (Å²) in [4.78, 5) is 9.55. The molecule has 0 bridgehead atoms. The fraction of sp³-hybridized carbons (Fsp3) is 0.333. The van der Waals surface area contributed by atoms with Gasteiger partial charge >= 0.3 is 0 Å². The highest BCUT2D eigenvalue weighted by Gasteiger charge is 2.44. The van der Waals surface area contributed by atoms with Gasteiger partial charge in [-0.1, -0.05) is 23.7 Å². The molecule has 0 unspecified atom stereocenters. The molecule has 4 rings (SSSR count). The van der Waals surface area contributed by atoms with E-state index in [1.807, 2.05) is 17.5 Å². The van der Waals surface area contributed by atoms with Crippen LogP contribution < -0.4 is 0 Å². The maximum atomic E-state index is 10.4. The highest BCUT2D eigenvalue weighted by molar-refractivity contribution is 7.10. The van der Waals surface area contributed by atoms with Crippen LogP contribution in [0.5, 0.6) is 0 Å². The van der Waals surface area contributed by atoms with Crippen LogP contribution in [0.2, 0.25) is 5.02 Å². The van der Waals surface area contributed by atoms with Crippen LogP contribution in [0.25, 0.3) is 11.3 Å². The summed E-state index contributed by atoms with van der Waals surface area (Å²) in [6, 6.07) is 7.22. The second kappa shape index (κ2) is 9.07. The lowest BCUT2D eigenvalue weighted by molar-refractivity contribution is -0.231. The largest absolute Gasteiger partial charge is 0.394 e. The molecule has 1 aliphatic rings. The van der Waals surface area contributed by atoms with Crippen LogP contribution in [0, 0.1) is 0 Å². The minimum absolute atomic E-state index is 0.474. The summed E-state index contributed by atoms with van der Waals surface area (Å²) < 4.78 is 5.67. The van der Waals surface area contributed by atoms with E-state index in [0.717, 1.165) is 21.7 Å². The Bertz CT molecular complexity index is 1000. The van der Waals surface area contributed by atoms with Gasteiger partial charge in [-0.2, -0.15) is 0 Å². The Morgan fingerprint density at radius 1 is 1.07 bits per heavy atom. The van der Waals surface area contributed by atoms with Crippen LogP contribution in [0.1, 0.15) is 22.1 Å². The number of ether oxygens (including phenoxy) is 1. The molecule has 158 valence electrons. The van der Waals surface area contributed by atoms with E-state index in [1.54, 1.807) is 42.1 Å². The van der Waals surface area contributed by atoms with Crippen LogP contribution in [0.3, 0.4) is 0 Å². The fourth-order valence-electron chi connectivity index (χ4n) is 3.60. The number of rotatable bonds is 5. The molecule has 0 amide bonds. The molecule has 0 radical (unpaired) electrons. The second-order valence-corrected chi connectivity index (χ2v) is 8.53. The summed E-state index contributed by atoms with van der Waals surface area (Å²) in [5.41, 5.74) is 3.17. The first-order valence-electron chi connectivity index (χ1n) is 9.41. The number of halogens is 1. The van der Waals surface area contributed by atoms with Crippen LogP contribution in [0.4, 0.5) is 0 Å². The van der Waals surface area contributed by atoms with Crippen LogP contribution >= 0.6 is 22.9 Å². The fourth-order valence-corrected chi connectivity index (χ4v) is 4.69. The number of aromatic nitrogens is 2. The van der Waals surface area contributed by atoms with Gasteiger partial charge in [0.05, 0.1) is 18.5 Å². The highest BCUT2D eigenvalue weighted by atomic mass is 35.5. The van der Waals surface area contributed by atoms with Crippen LogP contribution in [-0.2, 0) is 11.2 Å². The van der Waals surface area contributed by atoms with Gasteiger partial charge in [-0.05, 0) is 28.6 Å². The van der Waals surface area contributed by atoms with Gasteiger partial charge in [0.25, 0.3) is 0 Å². The number of aliphatic hydroxyl groups excluding tert-OH is 4. The minimum Gasteiger partial charge on any atom is -0.394 e. The Labute approximate surface area is 182 Å². The normalized spacial score (nSPS) is 26.6. The maximum Gasteiger partial charge on any atom is 0.113 e. The van der Waals surface area contributed by atoms with Gasteiger partial charge in [-0.3, -0.25) is 9.97 Å². The third kappa shape index (κ3) is 4.13. The Hall–Kier alpha value is -1.91. The Kier molecular flexibility index (Phi) is 6.45. The second-order valence-electron chi connectivity index (χ2n) is 7.13. The lowest BCUT2D eigenvalue weighted by Gasteiger charge is -2.40. The molecular formula is C21H21ClN2O5S. The molecule has 0 aliphatic carbocycles. The maximum absolute atomic E-state index is 10.4. The van der Waals surface area contributed by atoms with E-state index in [-0.39, 0.29) is 0 Å². The summed E-state index contributed by atoms with van der Waals surface area (Å²) in [5, 5.41) is 42.5. The summed E-state index contributed by atoms with van der Waals surface area (Å²) in [6.07, 6.45) is -0.527. The van der Waals surface area contributed by atoms with Gasteiger partial charge in [0, 0.05) is 34.3 Å². The summed E-state index contributed by atoms with van der Waals surface area (Å²) >= 11 is 8.02. The van der Waals surface area contributed by atoms with E-state index < -0.39 is 37.1 Å². The predicted molar refractivity (Wildman–Crippen MR) is 112 cm³/mol. The molecule has 4 N–H and O–H groups in total.